The first-order chi connectivity index (χ1) is 7.02. The van der Waals surface area contributed by atoms with Gasteiger partial charge in [-0.2, -0.15) is 0 Å². The van der Waals surface area contributed by atoms with Crippen LogP contribution in [0.25, 0.3) is 0 Å². The van der Waals surface area contributed by atoms with E-state index in [4.69, 9.17) is 4.74 Å². The van der Waals surface area contributed by atoms with Crippen LogP contribution in [0.4, 0.5) is 0 Å². The van der Waals surface area contributed by atoms with Crippen LogP contribution in [0.2, 0.25) is 0 Å². The van der Waals surface area contributed by atoms with Crippen molar-refractivity contribution in [3.63, 3.8) is 0 Å². The number of hydrogen-bond acceptors (Lipinski definition) is 2. The number of alkyl halides is 1. The smallest absolute Gasteiger partial charge is 0.0771 e. The summed E-state index contributed by atoms with van der Waals surface area (Å²) in [6.45, 7) is 12.2. The van der Waals surface area contributed by atoms with Gasteiger partial charge in [-0.1, -0.05) is 36.4 Å². The summed E-state index contributed by atoms with van der Waals surface area (Å²) in [5.41, 5.74) is 0.337. The van der Waals surface area contributed by atoms with E-state index in [0.29, 0.717) is 11.6 Å². The molecular formula is C12H24INO. The summed E-state index contributed by atoms with van der Waals surface area (Å²) < 4.78 is 6.60. The van der Waals surface area contributed by atoms with Crippen molar-refractivity contribution >= 4 is 22.6 Å². The third-order valence-corrected chi connectivity index (χ3v) is 4.59. The highest BCUT2D eigenvalue weighted by molar-refractivity contribution is 14.1. The van der Waals surface area contributed by atoms with E-state index in [1.807, 2.05) is 0 Å². The van der Waals surface area contributed by atoms with Crippen LogP contribution in [0.3, 0.4) is 0 Å². The SMILES string of the molecule is CC(C)CCN(C(C)C)C1(CI)COC1. The van der Waals surface area contributed by atoms with Gasteiger partial charge in [0.1, 0.15) is 0 Å². The molecule has 0 amide bonds. The molecule has 90 valence electrons. The van der Waals surface area contributed by atoms with E-state index < -0.39 is 0 Å². The molecule has 3 heteroatoms. The monoisotopic (exact) mass is 325 g/mol. The molecule has 0 aromatic rings. The van der Waals surface area contributed by atoms with E-state index in [9.17, 15) is 0 Å². The molecule has 0 saturated carbocycles. The second-order valence-corrected chi connectivity index (χ2v) is 6.08. The van der Waals surface area contributed by atoms with Crippen LogP contribution in [-0.2, 0) is 4.74 Å². The average Bonchev–Trinajstić information content (AvgIpc) is 2.08. The minimum Gasteiger partial charge on any atom is -0.377 e. The molecule has 1 aliphatic heterocycles. The summed E-state index contributed by atoms with van der Waals surface area (Å²) in [7, 11) is 0. The molecule has 0 radical (unpaired) electrons. The van der Waals surface area contributed by atoms with Crippen LogP contribution < -0.4 is 0 Å². The van der Waals surface area contributed by atoms with Gasteiger partial charge in [-0.3, -0.25) is 4.90 Å². The Hall–Kier alpha value is 0.650. The van der Waals surface area contributed by atoms with Crippen LogP contribution in [0, 0.1) is 5.92 Å². The molecule has 0 unspecified atom stereocenters. The zero-order valence-electron chi connectivity index (χ0n) is 10.4. The third kappa shape index (κ3) is 3.30. The van der Waals surface area contributed by atoms with Gasteiger partial charge in [-0.25, -0.2) is 0 Å². The number of rotatable bonds is 6. The maximum absolute atomic E-state index is 5.42. The lowest BCUT2D eigenvalue weighted by Crippen LogP contribution is -2.65. The van der Waals surface area contributed by atoms with Crippen LogP contribution >= 0.6 is 22.6 Å². The molecule has 2 nitrogen and oxygen atoms in total. The van der Waals surface area contributed by atoms with Crippen LogP contribution in [0.15, 0.2) is 0 Å². The molecule has 1 fully saturated rings. The Morgan fingerprint density at radius 2 is 1.87 bits per heavy atom. The standard InChI is InChI=1S/C12H24INO/c1-10(2)5-6-14(11(3)4)12(7-13)8-15-9-12/h10-11H,5-9H2,1-4H3. The topological polar surface area (TPSA) is 12.5 Å². The van der Waals surface area contributed by atoms with E-state index >= 15 is 0 Å². The first-order valence-electron chi connectivity index (χ1n) is 5.92. The highest BCUT2D eigenvalue weighted by Gasteiger charge is 2.43. The Kier molecular flexibility index (Phi) is 5.32. The summed E-state index contributed by atoms with van der Waals surface area (Å²) in [4.78, 5) is 2.64. The molecule has 0 N–H and O–H groups in total. The molecule has 0 spiro atoms. The first kappa shape index (κ1) is 13.7. The normalized spacial score (nSPS) is 20.0. The molecule has 1 rings (SSSR count). The summed E-state index contributed by atoms with van der Waals surface area (Å²) in [5.74, 6) is 0.790. The minimum absolute atomic E-state index is 0.337. The van der Waals surface area contributed by atoms with Gasteiger partial charge in [0.2, 0.25) is 0 Å². The average molecular weight is 325 g/mol. The fraction of sp³-hybridized carbons (Fsp3) is 1.00. The van der Waals surface area contributed by atoms with E-state index in [1.54, 1.807) is 0 Å². The van der Waals surface area contributed by atoms with Crippen molar-refractivity contribution < 1.29 is 4.74 Å². The zero-order chi connectivity index (χ0) is 11.5. The molecule has 1 aliphatic rings. The van der Waals surface area contributed by atoms with E-state index in [-0.39, 0.29) is 0 Å². The Balaban J connectivity index is 2.56. The Morgan fingerprint density at radius 1 is 1.27 bits per heavy atom. The highest BCUT2D eigenvalue weighted by Crippen LogP contribution is 2.30. The fourth-order valence-electron chi connectivity index (χ4n) is 2.10. The van der Waals surface area contributed by atoms with Crippen molar-refractivity contribution in [3.8, 4) is 0 Å². The molecule has 1 saturated heterocycles. The second kappa shape index (κ2) is 5.82. The van der Waals surface area contributed by atoms with E-state index in [2.05, 4.69) is 55.2 Å². The van der Waals surface area contributed by atoms with Crippen molar-refractivity contribution in [2.45, 2.75) is 45.7 Å². The molecule has 0 aromatic carbocycles. The largest absolute Gasteiger partial charge is 0.377 e. The van der Waals surface area contributed by atoms with Crippen molar-refractivity contribution in [3.05, 3.63) is 0 Å². The predicted molar refractivity (Wildman–Crippen MR) is 73.7 cm³/mol. The molecule has 15 heavy (non-hydrogen) atoms. The minimum atomic E-state index is 0.337. The van der Waals surface area contributed by atoms with Crippen molar-refractivity contribution in [2.24, 2.45) is 5.92 Å². The Labute approximate surface area is 108 Å². The van der Waals surface area contributed by atoms with Crippen molar-refractivity contribution in [1.29, 1.82) is 0 Å². The zero-order valence-corrected chi connectivity index (χ0v) is 12.6. The molecule has 0 aromatic heterocycles. The van der Waals surface area contributed by atoms with Gasteiger partial charge in [0, 0.05) is 10.5 Å². The van der Waals surface area contributed by atoms with Gasteiger partial charge in [-0.05, 0) is 32.7 Å². The van der Waals surface area contributed by atoms with E-state index in [1.165, 1.54) is 17.4 Å². The number of hydrogen-bond donors (Lipinski definition) is 0. The molecule has 0 aliphatic carbocycles. The quantitative estimate of drug-likeness (QED) is 0.550. The third-order valence-electron chi connectivity index (χ3n) is 3.17. The summed E-state index contributed by atoms with van der Waals surface area (Å²) in [6, 6.07) is 0.627. The molecule has 0 atom stereocenters. The molecule has 1 heterocycles. The predicted octanol–water partition coefficient (Wildman–Crippen LogP) is 2.95. The van der Waals surface area contributed by atoms with Gasteiger partial charge >= 0.3 is 0 Å². The Morgan fingerprint density at radius 3 is 2.13 bits per heavy atom. The van der Waals surface area contributed by atoms with Crippen molar-refractivity contribution in [2.75, 3.05) is 24.2 Å². The van der Waals surface area contributed by atoms with Crippen LogP contribution in [0.1, 0.15) is 34.1 Å². The lowest BCUT2D eigenvalue weighted by atomic mass is 9.95. The highest BCUT2D eigenvalue weighted by atomic mass is 127. The van der Waals surface area contributed by atoms with Crippen LogP contribution in [0.5, 0.6) is 0 Å². The first-order valence-corrected chi connectivity index (χ1v) is 7.45. The van der Waals surface area contributed by atoms with Gasteiger partial charge < -0.3 is 4.74 Å². The number of nitrogens with zero attached hydrogens (tertiary/aromatic N) is 1. The lowest BCUT2D eigenvalue weighted by Gasteiger charge is -2.51. The summed E-state index contributed by atoms with van der Waals surface area (Å²) in [6.07, 6.45) is 1.29. The molecular weight excluding hydrogens is 301 g/mol. The van der Waals surface area contributed by atoms with Crippen LogP contribution in [-0.4, -0.2) is 40.7 Å². The lowest BCUT2D eigenvalue weighted by molar-refractivity contribution is -0.136. The van der Waals surface area contributed by atoms with Gasteiger partial charge in [0.05, 0.1) is 18.8 Å². The second-order valence-electron chi connectivity index (χ2n) is 5.32. The summed E-state index contributed by atoms with van der Waals surface area (Å²) in [5, 5.41) is 0. The fourth-order valence-corrected chi connectivity index (χ4v) is 2.98. The van der Waals surface area contributed by atoms with E-state index in [0.717, 1.165) is 19.1 Å². The maximum atomic E-state index is 5.42. The van der Waals surface area contributed by atoms with Gasteiger partial charge in [-0.15, -0.1) is 0 Å². The van der Waals surface area contributed by atoms with Crippen molar-refractivity contribution in [1.82, 2.24) is 4.90 Å². The molecule has 0 bridgehead atoms. The van der Waals surface area contributed by atoms with Gasteiger partial charge in [0.15, 0.2) is 0 Å². The maximum Gasteiger partial charge on any atom is 0.0771 e. The summed E-state index contributed by atoms with van der Waals surface area (Å²) >= 11 is 2.50. The number of halogens is 1. The van der Waals surface area contributed by atoms with Gasteiger partial charge in [0.25, 0.3) is 0 Å². The Bertz CT molecular complexity index is 185. The number of ether oxygens (including phenoxy) is 1.